The number of carboxylic acids is 1. The third-order valence-electron chi connectivity index (χ3n) is 2.03. The minimum Gasteiger partial charge on any atom is -0.480 e. The van der Waals surface area contributed by atoms with Crippen LogP contribution in [0.1, 0.15) is 6.42 Å². The monoisotopic (exact) mass is 248 g/mol. The van der Waals surface area contributed by atoms with E-state index >= 15 is 0 Å². The number of halogens is 1. The summed E-state index contributed by atoms with van der Waals surface area (Å²) >= 11 is 5.86. The molecular formula is C9H13ClN2O4. The van der Waals surface area contributed by atoms with Gasteiger partial charge in [-0.1, -0.05) is 12.7 Å². The molecule has 0 saturated carbocycles. The number of nitrogens with one attached hydrogen (secondary N) is 1. The second kappa shape index (κ2) is 5.72. The molecule has 16 heavy (non-hydrogen) atoms. The number of aliphatic carboxylic acids is 1. The van der Waals surface area contributed by atoms with Gasteiger partial charge in [0.15, 0.2) is 0 Å². The number of ether oxygens (including phenoxy) is 1. The molecule has 1 rings (SSSR count). The van der Waals surface area contributed by atoms with Crippen molar-refractivity contribution in [2.45, 2.75) is 17.8 Å². The van der Waals surface area contributed by atoms with Gasteiger partial charge in [0, 0.05) is 0 Å². The van der Waals surface area contributed by atoms with Crippen molar-refractivity contribution in [3.63, 3.8) is 0 Å². The maximum Gasteiger partial charge on any atom is 0.424 e. The molecule has 90 valence electrons. The van der Waals surface area contributed by atoms with E-state index in [0.29, 0.717) is 0 Å². The Kier molecular flexibility index (Phi) is 4.57. The molecule has 0 aromatic carbocycles. The van der Waals surface area contributed by atoms with E-state index in [0.717, 1.165) is 5.01 Å². The molecule has 7 heteroatoms. The smallest absolute Gasteiger partial charge is 0.424 e. The number of nitrogens with zero attached hydrogens (tertiary/aromatic N) is 1. The van der Waals surface area contributed by atoms with Gasteiger partial charge >= 0.3 is 12.1 Å². The fourth-order valence-electron chi connectivity index (χ4n) is 1.31. The lowest BCUT2D eigenvalue weighted by Gasteiger charge is -2.33. The van der Waals surface area contributed by atoms with Gasteiger partial charge in [-0.05, 0) is 6.42 Å². The van der Waals surface area contributed by atoms with Crippen molar-refractivity contribution in [1.82, 2.24) is 10.4 Å². The Balaban J connectivity index is 2.56. The summed E-state index contributed by atoms with van der Waals surface area (Å²) in [6.45, 7) is 3.68. The van der Waals surface area contributed by atoms with Crippen molar-refractivity contribution in [2.75, 3.05) is 13.2 Å². The molecule has 0 radical (unpaired) electrons. The van der Waals surface area contributed by atoms with Crippen LogP contribution in [-0.2, 0) is 9.53 Å². The first-order chi connectivity index (χ1) is 7.54. The Hall–Kier alpha value is -1.27. The molecule has 1 aliphatic heterocycles. The SMILES string of the molecule is C=CCOC(=O)N1C[C@@H](Cl)C[C@H](C(=O)O)N1. The summed E-state index contributed by atoms with van der Waals surface area (Å²) in [5, 5.41) is 9.48. The van der Waals surface area contributed by atoms with Crippen LogP contribution in [0.4, 0.5) is 4.79 Å². The molecule has 6 nitrogen and oxygen atoms in total. The molecule has 1 fully saturated rings. The van der Waals surface area contributed by atoms with E-state index in [-0.39, 0.29) is 19.6 Å². The Morgan fingerprint density at radius 2 is 2.38 bits per heavy atom. The van der Waals surface area contributed by atoms with Gasteiger partial charge in [0.2, 0.25) is 0 Å². The molecule has 0 aromatic heterocycles. The third-order valence-corrected chi connectivity index (χ3v) is 2.34. The summed E-state index contributed by atoms with van der Waals surface area (Å²) in [6, 6.07) is -0.868. The van der Waals surface area contributed by atoms with E-state index < -0.39 is 23.5 Å². The number of amides is 1. The van der Waals surface area contributed by atoms with E-state index in [2.05, 4.69) is 12.0 Å². The average Bonchev–Trinajstić information content (AvgIpc) is 2.24. The number of hydrogen-bond donors (Lipinski definition) is 2. The van der Waals surface area contributed by atoms with Crippen LogP contribution in [0, 0.1) is 0 Å². The van der Waals surface area contributed by atoms with Gasteiger partial charge in [-0.3, -0.25) is 4.79 Å². The maximum atomic E-state index is 11.4. The lowest BCUT2D eigenvalue weighted by Crippen LogP contribution is -2.58. The summed E-state index contributed by atoms with van der Waals surface area (Å²) in [4.78, 5) is 22.2. The van der Waals surface area contributed by atoms with Crippen LogP contribution in [0.5, 0.6) is 0 Å². The molecular weight excluding hydrogens is 236 g/mol. The van der Waals surface area contributed by atoms with Crippen molar-refractivity contribution in [1.29, 1.82) is 0 Å². The molecule has 1 amide bonds. The zero-order valence-electron chi connectivity index (χ0n) is 8.56. The molecule has 0 spiro atoms. The zero-order valence-corrected chi connectivity index (χ0v) is 9.31. The highest BCUT2D eigenvalue weighted by Gasteiger charge is 2.33. The van der Waals surface area contributed by atoms with Crippen molar-refractivity contribution < 1.29 is 19.4 Å². The molecule has 0 aromatic rings. The molecule has 1 saturated heterocycles. The quantitative estimate of drug-likeness (QED) is 0.564. The van der Waals surface area contributed by atoms with Crippen LogP contribution < -0.4 is 5.43 Å². The third kappa shape index (κ3) is 3.39. The average molecular weight is 249 g/mol. The van der Waals surface area contributed by atoms with Gasteiger partial charge in [0.05, 0.1) is 11.9 Å². The minimum absolute atomic E-state index is 0.0711. The number of rotatable bonds is 3. The van der Waals surface area contributed by atoms with Crippen LogP contribution in [0.2, 0.25) is 0 Å². The molecule has 0 unspecified atom stereocenters. The Morgan fingerprint density at radius 1 is 1.69 bits per heavy atom. The standard InChI is InChI=1S/C9H13ClN2O4/c1-2-3-16-9(15)12-5-6(10)4-7(11-12)8(13)14/h2,6-7,11H,1,3-5H2,(H,13,14)/t6-,7+/m0/s1. The Labute approximate surface area is 97.8 Å². The van der Waals surface area contributed by atoms with Crippen molar-refractivity contribution >= 4 is 23.7 Å². The highest BCUT2D eigenvalue weighted by molar-refractivity contribution is 6.21. The van der Waals surface area contributed by atoms with E-state index in [9.17, 15) is 9.59 Å². The molecule has 1 aliphatic rings. The minimum atomic E-state index is -1.05. The Bertz CT molecular complexity index is 297. The normalized spacial score (nSPS) is 24.9. The second-order valence-electron chi connectivity index (χ2n) is 3.33. The molecule has 0 aliphatic carbocycles. The van der Waals surface area contributed by atoms with Gasteiger partial charge in [0.25, 0.3) is 0 Å². The van der Waals surface area contributed by atoms with Crippen LogP contribution >= 0.6 is 11.6 Å². The van der Waals surface area contributed by atoms with E-state index in [1.54, 1.807) is 0 Å². The van der Waals surface area contributed by atoms with Gasteiger partial charge in [0.1, 0.15) is 12.6 Å². The van der Waals surface area contributed by atoms with Gasteiger partial charge in [-0.25, -0.2) is 15.2 Å². The first-order valence-electron chi connectivity index (χ1n) is 4.72. The van der Waals surface area contributed by atoms with Crippen LogP contribution in [0.3, 0.4) is 0 Å². The summed E-state index contributed by atoms with van der Waals surface area (Å²) in [7, 11) is 0. The number of carbonyl (C=O) groups excluding carboxylic acids is 1. The summed E-state index contributed by atoms with van der Waals surface area (Å²) in [5.41, 5.74) is 2.53. The number of carbonyl (C=O) groups is 2. The summed E-state index contributed by atoms with van der Waals surface area (Å²) in [5.74, 6) is -1.05. The molecule has 2 N–H and O–H groups in total. The van der Waals surface area contributed by atoms with Gasteiger partial charge in [-0.15, -0.1) is 11.6 Å². The summed E-state index contributed by atoms with van der Waals surface area (Å²) < 4.78 is 4.76. The first-order valence-corrected chi connectivity index (χ1v) is 5.16. The highest BCUT2D eigenvalue weighted by atomic mass is 35.5. The topological polar surface area (TPSA) is 78.9 Å². The predicted octanol–water partition coefficient (Wildman–Crippen LogP) is 0.580. The lowest BCUT2D eigenvalue weighted by molar-refractivity contribution is -0.141. The van der Waals surface area contributed by atoms with E-state index in [1.165, 1.54) is 6.08 Å². The highest BCUT2D eigenvalue weighted by Crippen LogP contribution is 2.14. The fourth-order valence-corrected chi connectivity index (χ4v) is 1.63. The predicted molar refractivity (Wildman–Crippen MR) is 57.1 cm³/mol. The molecule has 2 atom stereocenters. The van der Waals surface area contributed by atoms with Gasteiger partial charge in [-0.2, -0.15) is 0 Å². The first kappa shape index (κ1) is 12.8. The van der Waals surface area contributed by atoms with Crippen LogP contribution in [-0.4, -0.2) is 46.7 Å². The van der Waals surface area contributed by atoms with Gasteiger partial charge < -0.3 is 9.84 Å². The Morgan fingerprint density at radius 3 is 2.94 bits per heavy atom. The van der Waals surface area contributed by atoms with Crippen LogP contribution in [0.25, 0.3) is 0 Å². The molecule has 1 heterocycles. The number of hydrogen-bond acceptors (Lipinski definition) is 4. The van der Waals surface area contributed by atoms with Crippen molar-refractivity contribution in [3.8, 4) is 0 Å². The zero-order chi connectivity index (χ0) is 12.1. The largest absolute Gasteiger partial charge is 0.480 e. The lowest BCUT2D eigenvalue weighted by atomic mass is 10.1. The number of hydrazine groups is 1. The number of carboxylic acid groups (broad SMARTS) is 1. The summed E-state index contributed by atoms with van der Waals surface area (Å²) in [6.07, 6.45) is 1.04. The van der Waals surface area contributed by atoms with E-state index in [4.69, 9.17) is 21.4 Å². The van der Waals surface area contributed by atoms with Crippen molar-refractivity contribution in [2.24, 2.45) is 0 Å². The van der Waals surface area contributed by atoms with E-state index in [1.807, 2.05) is 0 Å². The second-order valence-corrected chi connectivity index (χ2v) is 3.95. The molecule has 0 bridgehead atoms. The number of alkyl halides is 1. The fraction of sp³-hybridized carbons (Fsp3) is 0.556. The van der Waals surface area contributed by atoms with Crippen molar-refractivity contribution in [3.05, 3.63) is 12.7 Å². The maximum absolute atomic E-state index is 11.4. The van der Waals surface area contributed by atoms with Crippen LogP contribution in [0.15, 0.2) is 12.7 Å².